The second kappa shape index (κ2) is 8.75. The molecule has 0 aliphatic rings. The van der Waals surface area contributed by atoms with Crippen LogP contribution < -0.4 is 9.47 Å². The highest BCUT2D eigenvalue weighted by atomic mass is 35.5. The van der Waals surface area contributed by atoms with Gasteiger partial charge in [0, 0.05) is 21.8 Å². The lowest BCUT2D eigenvalue weighted by atomic mass is 10.2. The van der Waals surface area contributed by atoms with Gasteiger partial charge in [0.15, 0.2) is 0 Å². The van der Waals surface area contributed by atoms with Crippen molar-refractivity contribution in [2.45, 2.75) is 6.61 Å². The van der Waals surface area contributed by atoms with Crippen LogP contribution in [-0.2, 0) is 6.61 Å². The molecular weight excluding hydrogens is 369 g/mol. The monoisotopic (exact) mass is 385 g/mol. The van der Waals surface area contributed by atoms with Crippen molar-refractivity contribution in [1.82, 2.24) is 0 Å². The van der Waals surface area contributed by atoms with Crippen LogP contribution in [0.4, 0.5) is 5.69 Å². The molecule has 0 atom stereocenters. The van der Waals surface area contributed by atoms with Crippen LogP contribution in [0.5, 0.6) is 11.5 Å². The van der Waals surface area contributed by atoms with E-state index in [2.05, 4.69) is 4.99 Å². The normalized spacial score (nSPS) is 10.9. The van der Waals surface area contributed by atoms with Crippen LogP contribution >= 0.6 is 23.2 Å². The number of aliphatic imine (C=N–C) groups is 1. The third kappa shape index (κ3) is 5.01. The molecule has 0 saturated carbocycles. The zero-order chi connectivity index (χ0) is 18.4. The van der Waals surface area contributed by atoms with E-state index >= 15 is 0 Å². The number of rotatable bonds is 6. The van der Waals surface area contributed by atoms with Gasteiger partial charge in [0.05, 0.1) is 12.8 Å². The van der Waals surface area contributed by atoms with Gasteiger partial charge in [-0.3, -0.25) is 4.99 Å². The standard InChI is InChI=1S/C21H17Cl2NO2/c1-25-19-9-7-18(8-10-19)24-13-15-3-2-4-20(11-15)26-14-16-5-6-17(22)12-21(16)23/h2-13H,14H2,1H3. The van der Waals surface area contributed by atoms with E-state index in [1.165, 1.54) is 0 Å². The molecule has 0 heterocycles. The van der Waals surface area contributed by atoms with Crippen LogP contribution in [0.2, 0.25) is 10.0 Å². The van der Waals surface area contributed by atoms with Gasteiger partial charge in [-0.15, -0.1) is 0 Å². The maximum absolute atomic E-state index is 6.17. The number of hydrogen-bond donors (Lipinski definition) is 0. The van der Waals surface area contributed by atoms with Gasteiger partial charge in [0.25, 0.3) is 0 Å². The molecule has 0 amide bonds. The number of halogens is 2. The summed E-state index contributed by atoms with van der Waals surface area (Å²) in [5.41, 5.74) is 2.68. The summed E-state index contributed by atoms with van der Waals surface area (Å²) in [4.78, 5) is 4.46. The smallest absolute Gasteiger partial charge is 0.120 e. The van der Waals surface area contributed by atoms with E-state index in [1.54, 1.807) is 25.5 Å². The van der Waals surface area contributed by atoms with Crippen molar-refractivity contribution < 1.29 is 9.47 Å². The maximum atomic E-state index is 6.17. The van der Waals surface area contributed by atoms with Crippen molar-refractivity contribution in [2.75, 3.05) is 7.11 Å². The molecule has 0 spiro atoms. The molecule has 0 unspecified atom stereocenters. The summed E-state index contributed by atoms with van der Waals surface area (Å²) in [5, 5.41) is 1.20. The van der Waals surface area contributed by atoms with Gasteiger partial charge in [-0.1, -0.05) is 41.4 Å². The van der Waals surface area contributed by atoms with Crippen LogP contribution in [0.25, 0.3) is 0 Å². The average Bonchev–Trinajstić information content (AvgIpc) is 2.66. The fourth-order valence-corrected chi connectivity index (χ4v) is 2.76. The summed E-state index contributed by atoms with van der Waals surface area (Å²) in [6, 6.07) is 20.6. The summed E-state index contributed by atoms with van der Waals surface area (Å²) in [6.07, 6.45) is 1.80. The number of hydrogen-bond acceptors (Lipinski definition) is 3. The molecular formula is C21H17Cl2NO2. The largest absolute Gasteiger partial charge is 0.497 e. The van der Waals surface area contributed by atoms with E-state index in [9.17, 15) is 0 Å². The first-order valence-corrected chi connectivity index (χ1v) is 8.74. The molecule has 0 bridgehead atoms. The average molecular weight is 386 g/mol. The number of benzene rings is 3. The summed E-state index contributed by atoms with van der Waals surface area (Å²) < 4.78 is 11.0. The quantitative estimate of drug-likeness (QED) is 0.464. The first kappa shape index (κ1) is 18.3. The van der Waals surface area contributed by atoms with E-state index in [0.717, 1.165) is 28.3 Å². The molecule has 0 aliphatic heterocycles. The van der Waals surface area contributed by atoms with Crippen molar-refractivity contribution in [3.63, 3.8) is 0 Å². The lowest BCUT2D eigenvalue weighted by Gasteiger charge is -2.08. The Morgan fingerprint density at radius 1 is 0.923 bits per heavy atom. The van der Waals surface area contributed by atoms with E-state index in [4.69, 9.17) is 32.7 Å². The molecule has 0 radical (unpaired) electrons. The molecule has 132 valence electrons. The Balaban J connectivity index is 1.66. The first-order valence-electron chi connectivity index (χ1n) is 7.99. The maximum Gasteiger partial charge on any atom is 0.120 e. The van der Waals surface area contributed by atoms with Gasteiger partial charge in [0.1, 0.15) is 18.1 Å². The number of methoxy groups -OCH3 is 1. The Morgan fingerprint density at radius 2 is 1.73 bits per heavy atom. The van der Waals surface area contributed by atoms with Crippen molar-refractivity contribution in [2.24, 2.45) is 4.99 Å². The fourth-order valence-electron chi connectivity index (χ4n) is 2.30. The highest BCUT2D eigenvalue weighted by Gasteiger charge is 2.03. The first-order chi connectivity index (χ1) is 12.6. The zero-order valence-electron chi connectivity index (χ0n) is 14.2. The Hall–Kier alpha value is -2.49. The van der Waals surface area contributed by atoms with E-state index in [-0.39, 0.29) is 0 Å². The van der Waals surface area contributed by atoms with E-state index < -0.39 is 0 Å². The van der Waals surface area contributed by atoms with E-state index in [1.807, 2.05) is 54.6 Å². The second-order valence-corrected chi connectivity index (χ2v) is 6.40. The highest BCUT2D eigenvalue weighted by Crippen LogP contribution is 2.23. The van der Waals surface area contributed by atoms with Crippen LogP contribution in [-0.4, -0.2) is 13.3 Å². The molecule has 0 fully saturated rings. The summed E-state index contributed by atoms with van der Waals surface area (Å²) in [6.45, 7) is 0.370. The third-order valence-corrected chi connectivity index (χ3v) is 4.29. The third-order valence-electron chi connectivity index (χ3n) is 3.70. The van der Waals surface area contributed by atoms with Crippen LogP contribution in [0.1, 0.15) is 11.1 Å². The molecule has 0 aromatic heterocycles. The minimum atomic E-state index is 0.370. The Bertz CT molecular complexity index is 908. The molecule has 3 nitrogen and oxygen atoms in total. The van der Waals surface area contributed by atoms with Crippen molar-refractivity contribution in [3.05, 3.63) is 87.9 Å². The second-order valence-electron chi connectivity index (χ2n) is 5.55. The van der Waals surface area contributed by atoms with Crippen molar-refractivity contribution >= 4 is 35.1 Å². The molecule has 5 heteroatoms. The number of ether oxygens (including phenoxy) is 2. The Morgan fingerprint density at radius 3 is 2.46 bits per heavy atom. The minimum absolute atomic E-state index is 0.370. The van der Waals surface area contributed by atoms with E-state index in [0.29, 0.717) is 16.7 Å². The summed E-state index contributed by atoms with van der Waals surface area (Å²) in [7, 11) is 1.64. The topological polar surface area (TPSA) is 30.8 Å². The number of nitrogens with zero attached hydrogens (tertiary/aromatic N) is 1. The van der Waals surface area contributed by atoms with Gasteiger partial charge in [-0.2, -0.15) is 0 Å². The van der Waals surface area contributed by atoms with Gasteiger partial charge >= 0.3 is 0 Å². The fraction of sp³-hybridized carbons (Fsp3) is 0.0952. The molecule has 0 N–H and O–H groups in total. The molecule has 26 heavy (non-hydrogen) atoms. The predicted octanol–water partition coefficient (Wildman–Crippen LogP) is 6.33. The lowest BCUT2D eigenvalue weighted by Crippen LogP contribution is -1.96. The lowest BCUT2D eigenvalue weighted by molar-refractivity contribution is 0.306. The van der Waals surface area contributed by atoms with Gasteiger partial charge in [-0.05, 0) is 54.1 Å². The molecule has 3 rings (SSSR count). The Labute approximate surface area is 162 Å². The van der Waals surface area contributed by atoms with Gasteiger partial charge in [-0.25, -0.2) is 0 Å². The van der Waals surface area contributed by atoms with Crippen molar-refractivity contribution in [1.29, 1.82) is 0 Å². The van der Waals surface area contributed by atoms with Crippen LogP contribution in [0.3, 0.4) is 0 Å². The molecule has 3 aromatic carbocycles. The minimum Gasteiger partial charge on any atom is -0.497 e. The van der Waals surface area contributed by atoms with Gasteiger partial charge < -0.3 is 9.47 Å². The molecule has 3 aromatic rings. The van der Waals surface area contributed by atoms with Crippen molar-refractivity contribution in [3.8, 4) is 11.5 Å². The van der Waals surface area contributed by atoms with Gasteiger partial charge in [0.2, 0.25) is 0 Å². The summed E-state index contributed by atoms with van der Waals surface area (Å²) >= 11 is 12.1. The van der Waals surface area contributed by atoms with Crippen LogP contribution in [0.15, 0.2) is 71.7 Å². The zero-order valence-corrected chi connectivity index (χ0v) is 15.7. The Kier molecular flexibility index (Phi) is 6.16. The SMILES string of the molecule is COc1ccc(N=Cc2cccc(OCc3ccc(Cl)cc3Cl)c2)cc1. The molecule has 0 aliphatic carbocycles. The highest BCUT2D eigenvalue weighted by molar-refractivity contribution is 6.35. The molecule has 0 saturated heterocycles. The predicted molar refractivity (Wildman–Crippen MR) is 107 cm³/mol. The van der Waals surface area contributed by atoms with Crippen LogP contribution in [0, 0.1) is 0 Å². The summed E-state index contributed by atoms with van der Waals surface area (Å²) in [5.74, 6) is 1.55.